The molecule has 1 aromatic carbocycles. The maximum Gasteiger partial charge on any atom is 0.180 e. The van der Waals surface area contributed by atoms with Crippen molar-refractivity contribution in [1.29, 1.82) is 0 Å². The molecule has 0 amide bonds. The predicted molar refractivity (Wildman–Crippen MR) is 72.0 cm³/mol. The molecule has 0 spiro atoms. The maximum absolute atomic E-state index is 9.75. The highest BCUT2D eigenvalue weighted by molar-refractivity contribution is 6.30. The van der Waals surface area contributed by atoms with E-state index in [2.05, 4.69) is 4.98 Å². The van der Waals surface area contributed by atoms with Gasteiger partial charge in [0.15, 0.2) is 11.4 Å². The number of pyridine rings is 1. The number of hydrogen-bond donors (Lipinski definition) is 1. The van der Waals surface area contributed by atoms with Crippen molar-refractivity contribution in [3.8, 4) is 17.0 Å². The Hall–Kier alpha value is -2.00. The molecule has 0 aliphatic rings. The average Bonchev–Trinajstić information content (AvgIpc) is 2.77. The van der Waals surface area contributed by atoms with Crippen LogP contribution in [0.15, 0.2) is 42.7 Å². The van der Waals surface area contributed by atoms with Gasteiger partial charge in [-0.2, -0.15) is 0 Å². The lowest BCUT2D eigenvalue weighted by molar-refractivity contribution is 0.477. The van der Waals surface area contributed by atoms with Crippen molar-refractivity contribution in [2.24, 2.45) is 0 Å². The average molecular weight is 259 g/mol. The Morgan fingerprint density at radius 2 is 2.11 bits per heavy atom. The van der Waals surface area contributed by atoms with E-state index in [4.69, 9.17) is 11.6 Å². The second kappa shape index (κ2) is 4.03. The van der Waals surface area contributed by atoms with Gasteiger partial charge in [-0.1, -0.05) is 17.7 Å². The third-order valence-corrected chi connectivity index (χ3v) is 3.17. The van der Waals surface area contributed by atoms with Gasteiger partial charge < -0.3 is 9.51 Å². The lowest BCUT2D eigenvalue weighted by atomic mass is 10.1. The van der Waals surface area contributed by atoms with Crippen molar-refractivity contribution in [2.75, 3.05) is 0 Å². The van der Waals surface area contributed by atoms with Gasteiger partial charge in [-0.3, -0.25) is 0 Å². The quantitative estimate of drug-likeness (QED) is 0.723. The van der Waals surface area contributed by atoms with Crippen LogP contribution in [-0.4, -0.2) is 14.5 Å². The Bertz CT molecular complexity index is 734. The van der Waals surface area contributed by atoms with Gasteiger partial charge in [0, 0.05) is 23.0 Å². The fraction of sp³-hybridized carbons (Fsp3) is 0.0714. The van der Waals surface area contributed by atoms with E-state index < -0.39 is 0 Å². The van der Waals surface area contributed by atoms with Crippen LogP contribution in [0.25, 0.3) is 16.9 Å². The molecule has 3 nitrogen and oxygen atoms in total. The number of aromatic hydroxyl groups is 1. The first-order chi connectivity index (χ1) is 8.65. The van der Waals surface area contributed by atoms with Gasteiger partial charge in [-0.05, 0) is 36.8 Å². The SMILES string of the molecule is Cc1ccc(Cl)cc1-c1cn2cccc(O)c2n1. The first-order valence-corrected chi connectivity index (χ1v) is 5.96. The zero-order valence-corrected chi connectivity index (χ0v) is 10.5. The highest BCUT2D eigenvalue weighted by Gasteiger charge is 2.09. The molecule has 18 heavy (non-hydrogen) atoms. The Balaban J connectivity index is 2.26. The third kappa shape index (κ3) is 1.73. The molecule has 3 aromatic rings. The van der Waals surface area contributed by atoms with Crippen LogP contribution in [-0.2, 0) is 0 Å². The Morgan fingerprint density at radius 3 is 2.89 bits per heavy atom. The van der Waals surface area contributed by atoms with Gasteiger partial charge >= 0.3 is 0 Å². The smallest absolute Gasteiger partial charge is 0.180 e. The molecule has 0 bridgehead atoms. The van der Waals surface area contributed by atoms with E-state index in [9.17, 15) is 5.11 Å². The molecular weight excluding hydrogens is 248 g/mol. The molecule has 2 aromatic heterocycles. The maximum atomic E-state index is 9.75. The number of nitrogens with zero attached hydrogens (tertiary/aromatic N) is 2. The lowest BCUT2D eigenvalue weighted by Crippen LogP contribution is -1.82. The molecule has 90 valence electrons. The van der Waals surface area contributed by atoms with Crippen molar-refractivity contribution in [2.45, 2.75) is 6.92 Å². The molecule has 0 radical (unpaired) electrons. The van der Waals surface area contributed by atoms with Gasteiger partial charge in [-0.25, -0.2) is 4.98 Å². The van der Waals surface area contributed by atoms with Crippen LogP contribution >= 0.6 is 11.6 Å². The van der Waals surface area contributed by atoms with Gasteiger partial charge in [0.2, 0.25) is 0 Å². The highest BCUT2D eigenvalue weighted by atomic mass is 35.5. The number of imidazole rings is 1. The molecule has 2 heterocycles. The van der Waals surface area contributed by atoms with Crippen molar-refractivity contribution in [1.82, 2.24) is 9.38 Å². The van der Waals surface area contributed by atoms with Crippen molar-refractivity contribution >= 4 is 17.2 Å². The van der Waals surface area contributed by atoms with E-state index in [-0.39, 0.29) is 5.75 Å². The lowest BCUT2D eigenvalue weighted by Gasteiger charge is -2.02. The number of rotatable bonds is 1. The number of hydrogen-bond acceptors (Lipinski definition) is 2. The van der Waals surface area contributed by atoms with Gasteiger partial charge in [0.1, 0.15) is 0 Å². The third-order valence-electron chi connectivity index (χ3n) is 2.94. The first kappa shape index (κ1) is 11.1. The fourth-order valence-electron chi connectivity index (χ4n) is 2.00. The Morgan fingerprint density at radius 1 is 1.28 bits per heavy atom. The standard InChI is InChI=1S/C14H11ClN2O/c1-9-4-5-10(15)7-11(9)12-8-17-6-2-3-13(18)14(17)16-12/h2-8,18H,1H3. The molecule has 0 unspecified atom stereocenters. The number of fused-ring (bicyclic) bond motifs is 1. The van der Waals surface area contributed by atoms with Gasteiger partial charge in [0.25, 0.3) is 0 Å². The summed E-state index contributed by atoms with van der Waals surface area (Å²) in [5.41, 5.74) is 3.43. The second-order valence-electron chi connectivity index (χ2n) is 4.21. The predicted octanol–water partition coefficient (Wildman–Crippen LogP) is 3.67. The van der Waals surface area contributed by atoms with E-state index in [1.54, 1.807) is 16.5 Å². The summed E-state index contributed by atoms with van der Waals surface area (Å²) in [7, 11) is 0. The molecular formula is C14H11ClN2O. The molecule has 0 aliphatic heterocycles. The summed E-state index contributed by atoms with van der Waals surface area (Å²) in [6.07, 6.45) is 3.74. The molecule has 0 saturated heterocycles. The van der Waals surface area contributed by atoms with E-state index in [0.29, 0.717) is 10.7 Å². The minimum absolute atomic E-state index is 0.170. The number of aryl methyl sites for hydroxylation is 1. The van der Waals surface area contributed by atoms with Crippen molar-refractivity contribution < 1.29 is 5.11 Å². The summed E-state index contributed by atoms with van der Waals surface area (Å²) in [6.45, 7) is 2.01. The molecule has 4 heteroatoms. The summed E-state index contributed by atoms with van der Waals surface area (Å²) < 4.78 is 1.80. The van der Waals surface area contributed by atoms with E-state index in [1.807, 2.05) is 37.5 Å². The summed E-state index contributed by atoms with van der Waals surface area (Å²) in [6, 6.07) is 9.10. The number of aromatic nitrogens is 2. The minimum atomic E-state index is 0.170. The van der Waals surface area contributed by atoms with Gasteiger partial charge in [-0.15, -0.1) is 0 Å². The monoisotopic (exact) mass is 258 g/mol. The molecule has 0 atom stereocenters. The van der Waals surface area contributed by atoms with Crippen LogP contribution < -0.4 is 0 Å². The van der Waals surface area contributed by atoms with Crippen LogP contribution in [0.1, 0.15) is 5.56 Å². The van der Waals surface area contributed by atoms with Crippen LogP contribution in [0.3, 0.4) is 0 Å². The first-order valence-electron chi connectivity index (χ1n) is 5.58. The minimum Gasteiger partial charge on any atom is -0.504 e. The number of benzene rings is 1. The fourth-order valence-corrected chi connectivity index (χ4v) is 2.17. The molecule has 0 fully saturated rings. The molecule has 3 rings (SSSR count). The molecule has 0 aliphatic carbocycles. The summed E-state index contributed by atoms with van der Waals surface area (Å²) >= 11 is 6.01. The Kier molecular flexibility index (Phi) is 2.49. The van der Waals surface area contributed by atoms with E-state index in [0.717, 1.165) is 16.8 Å². The van der Waals surface area contributed by atoms with E-state index in [1.165, 1.54) is 0 Å². The van der Waals surface area contributed by atoms with Crippen molar-refractivity contribution in [3.05, 3.63) is 53.3 Å². The topological polar surface area (TPSA) is 37.5 Å². The van der Waals surface area contributed by atoms with E-state index >= 15 is 0 Å². The zero-order chi connectivity index (χ0) is 12.7. The summed E-state index contributed by atoms with van der Waals surface area (Å²) in [4.78, 5) is 4.44. The Labute approximate surface area is 109 Å². The highest BCUT2D eigenvalue weighted by Crippen LogP contribution is 2.28. The van der Waals surface area contributed by atoms with Crippen LogP contribution in [0.2, 0.25) is 5.02 Å². The zero-order valence-electron chi connectivity index (χ0n) is 9.76. The number of halogens is 1. The summed E-state index contributed by atoms with van der Waals surface area (Å²) in [5, 5.41) is 10.4. The van der Waals surface area contributed by atoms with Gasteiger partial charge in [0.05, 0.1) is 5.69 Å². The molecule has 1 N–H and O–H groups in total. The van der Waals surface area contributed by atoms with Crippen LogP contribution in [0.5, 0.6) is 5.75 Å². The normalized spacial score (nSPS) is 11.0. The largest absolute Gasteiger partial charge is 0.504 e. The summed E-state index contributed by atoms with van der Waals surface area (Å²) in [5.74, 6) is 0.170. The second-order valence-corrected chi connectivity index (χ2v) is 4.65. The molecule has 0 saturated carbocycles. The van der Waals surface area contributed by atoms with Crippen LogP contribution in [0.4, 0.5) is 0 Å². The van der Waals surface area contributed by atoms with Crippen molar-refractivity contribution in [3.63, 3.8) is 0 Å². The van der Waals surface area contributed by atoms with Crippen LogP contribution in [0, 0.1) is 6.92 Å².